The standard InChI is InChI=1S/C13H18N2O5/c14-13(20)11-7-15-4-3-8(11)1-2-9(16)5-10(17)6-12(18)19/h3-4,7,9-10,16-17H,1-2,5-6H2,(H2,14,20)(H,18,19)/t9-,10+/m0/s1. The minimum absolute atomic E-state index is 0.0245. The molecule has 1 amide bonds. The lowest BCUT2D eigenvalue weighted by Gasteiger charge is -2.14. The molecule has 0 saturated heterocycles. The van der Waals surface area contributed by atoms with E-state index in [2.05, 4.69) is 4.98 Å². The number of amides is 1. The fourth-order valence-electron chi connectivity index (χ4n) is 1.90. The average molecular weight is 282 g/mol. The molecular weight excluding hydrogens is 264 g/mol. The van der Waals surface area contributed by atoms with Crippen LogP contribution in [0.15, 0.2) is 18.5 Å². The minimum Gasteiger partial charge on any atom is -0.481 e. The number of aliphatic hydroxyl groups is 2. The van der Waals surface area contributed by atoms with Crippen LogP contribution in [0.5, 0.6) is 0 Å². The van der Waals surface area contributed by atoms with Crippen molar-refractivity contribution < 1.29 is 24.9 Å². The van der Waals surface area contributed by atoms with Crippen LogP contribution in [-0.2, 0) is 11.2 Å². The van der Waals surface area contributed by atoms with E-state index in [1.54, 1.807) is 6.07 Å². The van der Waals surface area contributed by atoms with E-state index in [1.807, 2.05) is 0 Å². The smallest absolute Gasteiger partial charge is 0.305 e. The molecule has 7 nitrogen and oxygen atoms in total. The highest BCUT2D eigenvalue weighted by Gasteiger charge is 2.16. The highest BCUT2D eigenvalue weighted by Crippen LogP contribution is 2.13. The lowest BCUT2D eigenvalue weighted by Crippen LogP contribution is -2.21. The van der Waals surface area contributed by atoms with Crippen LogP contribution in [-0.4, -0.2) is 44.4 Å². The van der Waals surface area contributed by atoms with Gasteiger partial charge in [-0.3, -0.25) is 14.6 Å². The van der Waals surface area contributed by atoms with Gasteiger partial charge in [0.15, 0.2) is 0 Å². The van der Waals surface area contributed by atoms with Crippen molar-refractivity contribution in [1.29, 1.82) is 0 Å². The topological polar surface area (TPSA) is 134 Å². The van der Waals surface area contributed by atoms with Gasteiger partial charge in [-0.1, -0.05) is 0 Å². The van der Waals surface area contributed by atoms with Crippen molar-refractivity contribution in [3.05, 3.63) is 29.6 Å². The first-order valence-electron chi connectivity index (χ1n) is 6.20. The van der Waals surface area contributed by atoms with Gasteiger partial charge in [-0.2, -0.15) is 0 Å². The number of carbonyl (C=O) groups excluding carboxylic acids is 1. The molecule has 0 bridgehead atoms. The lowest BCUT2D eigenvalue weighted by molar-refractivity contribution is -0.139. The van der Waals surface area contributed by atoms with Crippen LogP contribution >= 0.6 is 0 Å². The molecule has 0 spiro atoms. The highest BCUT2D eigenvalue weighted by atomic mass is 16.4. The van der Waals surface area contributed by atoms with Gasteiger partial charge >= 0.3 is 5.97 Å². The molecule has 0 aromatic carbocycles. The maximum Gasteiger partial charge on any atom is 0.305 e. The number of nitrogens with zero attached hydrogens (tertiary/aromatic N) is 1. The summed E-state index contributed by atoms with van der Waals surface area (Å²) in [6.45, 7) is 0. The van der Waals surface area contributed by atoms with Crippen LogP contribution < -0.4 is 5.73 Å². The van der Waals surface area contributed by atoms with Crippen LogP contribution in [0.25, 0.3) is 0 Å². The zero-order valence-corrected chi connectivity index (χ0v) is 10.9. The van der Waals surface area contributed by atoms with Crippen molar-refractivity contribution in [1.82, 2.24) is 4.98 Å². The van der Waals surface area contributed by atoms with Crippen LogP contribution in [0, 0.1) is 0 Å². The number of carboxylic acids is 1. The van der Waals surface area contributed by atoms with E-state index in [1.165, 1.54) is 12.4 Å². The molecule has 20 heavy (non-hydrogen) atoms. The van der Waals surface area contributed by atoms with Crippen LogP contribution in [0.1, 0.15) is 35.2 Å². The van der Waals surface area contributed by atoms with E-state index in [0.717, 1.165) is 0 Å². The molecule has 5 N–H and O–H groups in total. The third-order valence-corrected chi connectivity index (χ3v) is 2.88. The molecule has 7 heteroatoms. The van der Waals surface area contributed by atoms with Crippen molar-refractivity contribution in [2.75, 3.05) is 0 Å². The number of pyridine rings is 1. The van der Waals surface area contributed by atoms with Crippen molar-refractivity contribution in [3.8, 4) is 0 Å². The average Bonchev–Trinajstić information content (AvgIpc) is 2.35. The molecule has 0 fully saturated rings. The van der Waals surface area contributed by atoms with Crippen LogP contribution in [0.2, 0.25) is 0 Å². The maximum absolute atomic E-state index is 11.2. The molecule has 0 radical (unpaired) electrons. The number of aliphatic hydroxyl groups excluding tert-OH is 2. The number of nitrogens with two attached hydrogens (primary N) is 1. The molecule has 0 aliphatic heterocycles. The van der Waals surface area contributed by atoms with Gasteiger partial charge < -0.3 is 21.1 Å². The summed E-state index contributed by atoms with van der Waals surface area (Å²) in [4.78, 5) is 25.4. The first-order valence-corrected chi connectivity index (χ1v) is 6.20. The second kappa shape index (κ2) is 7.56. The molecule has 0 unspecified atom stereocenters. The molecule has 0 aliphatic rings. The Bertz CT molecular complexity index is 478. The van der Waals surface area contributed by atoms with Gasteiger partial charge in [-0.15, -0.1) is 0 Å². The number of aromatic nitrogens is 1. The molecular formula is C13H18N2O5. The molecule has 1 heterocycles. The molecule has 110 valence electrons. The summed E-state index contributed by atoms with van der Waals surface area (Å²) in [7, 11) is 0. The lowest BCUT2D eigenvalue weighted by atomic mass is 9.99. The summed E-state index contributed by atoms with van der Waals surface area (Å²) in [6.07, 6.45) is 1.20. The number of hydrogen-bond donors (Lipinski definition) is 4. The van der Waals surface area contributed by atoms with E-state index in [0.29, 0.717) is 24.0 Å². The highest BCUT2D eigenvalue weighted by molar-refractivity contribution is 5.93. The normalized spacial score (nSPS) is 13.7. The Kier molecular flexibility index (Phi) is 6.08. The number of aryl methyl sites for hydroxylation is 1. The fourth-order valence-corrected chi connectivity index (χ4v) is 1.90. The number of rotatable bonds is 8. The third kappa shape index (κ3) is 5.33. The van der Waals surface area contributed by atoms with Crippen molar-refractivity contribution in [2.24, 2.45) is 5.73 Å². The second-order valence-electron chi connectivity index (χ2n) is 4.58. The van der Waals surface area contributed by atoms with E-state index in [-0.39, 0.29) is 6.42 Å². The second-order valence-corrected chi connectivity index (χ2v) is 4.58. The molecule has 0 aliphatic carbocycles. The van der Waals surface area contributed by atoms with Gasteiger partial charge in [0.2, 0.25) is 0 Å². The number of hydrogen-bond acceptors (Lipinski definition) is 5. The van der Waals surface area contributed by atoms with Gasteiger partial charge in [-0.05, 0) is 30.9 Å². The summed E-state index contributed by atoms with van der Waals surface area (Å²) in [6, 6.07) is 1.64. The zero-order valence-electron chi connectivity index (χ0n) is 10.9. The predicted octanol–water partition coefficient (Wildman–Crippen LogP) is -0.300. The summed E-state index contributed by atoms with van der Waals surface area (Å²) in [5.41, 5.74) is 6.17. The van der Waals surface area contributed by atoms with E-state index < -0.39 is 30.5 Å². The Morgan fingerprint density at radius 2 is 2.00 bits per heavy atom. The molecule has 1 rings (SSSR count). The molecule has 1 aromatic heterocycles. The van der Waals surface area contributed by atoms with Crippen molar-refractivity contribution in [2.45, 2.75) is 37.9 Å². The largest absolute Gasteiger partial charge is 0.481 e. The van der Waals surface area contributed by atoms with E-state index >= 15 is 0 Å². The van der Waals surface area contributed by atoms with Gasteiger partial charge in [0, 0.05) is 12.4 Å². The molecule has 1 aromatic rings. The van der Waals surface area contributed by atoms with Crippen LogP contribution in [0.4, 0.5) is 0 Å². The monoisotopic (exact) mass is 282 g/mol. The first kappa shape index (κ1) is 16.1. The van der Waals surface area contributed by atoms with Crippen LogP contribution in [0.3, 0.4) is 0 Å². The van der Waals surface area contributed by atoms with Gasteiger partial charge in [0.05, 0.1) is 24.2 Å². The molecule has 2 atom stereocenters. The Hall–Kier alpha value is -1.99. The van der Waals surface area contributed by atoms with Gasteiger partial charge in [-0.25, -0.2) is 0 Å². The predicted molar refractivity (Wildman–Crippen MR) is 70.0 cm³/mol. The number of aliphatic carboxylic acids is 1. The Labute approximate surface area is 116 Å². The molecule has 0 saturated carbocycles. The Morgan fingerprint density at radius 3 is 2.60 bits per heavy atom. The number of carbonyl (C=O) groups is 2. The van der Waals surface area contributed by atoms with E-state index in [9.17, 15) is 19.8 Å². The van der Waals surface area contributed by atoms with Crippen molar-refractivity contribution in [3.63, 3.8) is 0 Å². The summed E-state index contributed by atoms with van der Waals surface area (Å²) < 4.78 is 0. The zero-order chi connectivity index (χ0) is 15.1. The van der Waals surface area contributed by atoms with E-state index in [4.69, 9.17) is 10.8 Å². The van der Waals surface area contributed by atoms with Gasteiger partial charge in [0.1, 0.15) is 0 Å². The Morgan fingerprint density at radius 1 is 1.30 bits per heavy atom. The summed E-state index contributed by atoms with van der Waals surface area (Å²) in [5.74, 6) is -1.71. The quantitative estimate of drug-likeness (QED) is 0.517. The first-order chi connectivity index (χ1) is 9.40. The number of carboxylic acid groups (broad SMARTS) is 1. The maximum atomic E-state index is 11.2. The SMILES string of the molecule is NC(=O)c1cnccc1CC[C@H](O)C[C@@H](O)CC(=O)O. The van der Waals surface area contributed by atoms with Crippen molar-refractivity contribution >= 4 is 11.9 Å². The summed E-state index contributed by atoms with van der Waals surface area (Å²) >= 11 is 0. The van der Waals surface area contributed by atoms with Gasteiger partial charge in [0.25, 0.3) is 5.91 Å². The summed E-state index contributed by atoms with van der Waals surface area (Å²) in [5, 5.41) is 27.6. The fraction of sp³-hybridized carbons (Fsp3) is 0.462. The number of primary amides is 1. The minimum atomic E-state index is -1.12. The third-order valence-electron chi connectivity index (χ3n) is 2.88. The Balaban J connectivity index is 2.51.